The van der Waals surface area contributed by atoms with Gasteiger partial charge < -0.3 is 9.84 Å². The first-order valence-corrected chi connectivity index (χ1v) is 6.40. The van der Waals surface area contributed by atoms with Gasteiger partial charge in [0.2, 0.25) is 0 Å². The normalized spacial score (nSPS) is 12.2. The molecule has 0 aliphatic carbocycles. The first kappa shape index (κ1) is 13.8. The fourth-order valence-corrected chi connectivity index (χ4v) is 2.18. The molecular formula is C15H16ClNO2. The van der Waals surface area contributed by atoms with E-state index >= 15 is 0 Å². The number of methoxy groups -OCH3 is 1. The van der Waals surface area contributed by atoms with E-state index in [9.17, 15) is 5.11 Å². The lowest BCUT2D eigenvalue weighted by molar-refractivity contribution is 0.174. The van der Waals surface area contributed by atoms with Crippen LogP contribution in [0.1, 0.15) is 22.8 Å². The molecule has 0 radical (unpaired) electrons. The van der Waals surface area contributed by atoms with E-state index in [-0.39, 0.29) is 0 Å². The van der Waals surface area contributed by atoms with Crippen molar-refractivity contribution in [2.45, 2.75) is 19.4 Å². The molecule has 0 aliphatic heterocycles. The van der Waals surface area contributed by atoms with Gasteiger partial charge >= 0.3 is 0 Å². The minimum atomic E-state index is -0.657. The monoisotopic (exact) mass is 277 g/mol. The molecule has 0 bridgehead atoms. The lowest BCUT2D eigenvalue weighted by Crippen LogP contribution is -2.05. The number of aryl methyl sites for hydroxylation is 1. The van der Waals surface area contributed by atoms with Crippen molar-refractivity contribution in [1.82, 2.24) is 4.98 Å². The van der Waals surface area contributed by atoms with Crippen molar-refractivity contribution in [2.75, 3.05) is 7.11 Å². The molecule has 0 spiro atoms. The number of nitrogens with zero attached hydrogens (tertiary/aromatic N) is 1. The van der Waals surface area contributed by atoms with Crippen LogP contribution in [0.2, 0.25) is 5.02 Å². The first-order chi connectivity index (χ1) is 9.11. The van der Waals surface area contributed by atoms with Crippen LogP contribution in [0.5, 0.6) is 5.75 Å². The van der Waals surface area contributed by atoms with E-state index < -0.39 is 6.10 Å². The second-order valence-corrected chi connectivity index (χ2v) is 4.84. The van der Waals surface area contributed by atoms with E-state index in [1.165, 1.54) is 0 Å². The predicted molar refractivity (Wildman–Crippen MR) is 75.6 cm³/mol. The van der Waals surface area contributed by atoms with Gasteiger partial charge in [0.05, 0.1) is 18.2 Å². The Kier molecular flexibility index (Phi) is 4.40. The summed E-state index contributed by atoms with van der Waals surface area (Å²) in [5, 5.41) is 10.9. The quantitative estimate of drug-likeness (QED) is 0.932. The summed E-state index contributed by atoms with van der Waals surface area (Å²) in [5.41, 5.74) is 2.72. The summed E-state index contributed by atoms with van der Waals surface area (Å²) in [6.07, 6.45) is 3.02. The summed E-state index contributed by atoms with van der Waals surface area (Å²) in [7, 11) is 1.60. The molecule has 2 rings (SSSR count). The molecule has 4 heteroatoms. The maximum atomic E-state index is 10.3. The van der Waals surface area contributed by atoms with Gasteiger partial charge in [-0.2, -0.15) is 0 Å². The van der Waals surface area contributed by atoms with Crippen LogP contribution < -0.4 is 4.74 Å². The van der Waals surface area contributed by atoms with Crippen LogP contribution in [-0.4, -0.2) is 17.2 Å². The fraction of sp³-hybridized carbons (Fsp3) is 0.267. The van der Waals surface area contributed by atoms with Crippen molar-refractivity contribution in [2.24, 2.45) is 0 Å². The van der Waals surface area contributed by atoms with Crippen LogP contribution in [0.25, 0.3) is 0 Å². The average Bonchev–Trinajstić information content (AvgIpc) is 2.41. The van der Waals surface area contributed by atoms with Crippen LogP contribution in [0.4, 0.5) is 0 Å². The van der Waals surface area contributed by atoms with Crippen molar-refractivity contribution in [3.63, 3.8) is 0 Å². The fourth-order valence-electron chi connectivity index (χ4n) is 1.98. The van der Waals surface area contributed by atoms with Gasteiger partial charge in [-0.25, -0.2) is 0 Å². The number of rotatable bonds is 4. The Morgan fingerprint density at radius 2 is 2.16 bits per heavy atom. The molecule has 0 amide bonds. The molecule has 19 heavy (non-hydrogen) atoms. The number of ether oxygens (including phenoxy) is 1. The van der Waals surface area contributed by atoms with Gasteiger partial charge in [-0.3, -0.25) is 4.98 Å². The van der Waals surface area contributed by atoms with E-state index in [4.69, 9.17) is 16.3 Å². The van der Waals surface area contributed by atoms with Crippen LogP contribution >= 0.6 is 11.6 Å². The number of hydrogen-bond acceptors (Lipinski definition) is 3. The second-order valence-electron chi connectivity index (χ2n) is 4.43. The Hall–Kier alpha value is -1.58. The third kappa shape index (κ3) is 3.25. The third-order valence-electron chi connectivity index (χ3n) is 3.02. The highest BCUT2D eigenvalue weighted by Crippen LogP contribution is 2.29. The van der Waals surface area contributed by atoms with Crippen LogP contribution in [0, 0.1) is 6.92 Å². The van der Waals surface area contributed by atoms with E-state index in [2.05, 4.69) is 4.98 Å². The summed E-state index contributed by atoms with van der Waals surface area (Å²) in [6, 6.07) is 7.56. The number of hydrogen-bond donors (Lipinski definition) is 1. The van der Waals surface area contributed by atoms with Gasteiger partial charge in [-0.1, -0.05) is 23.7 Å². The van der Waals surface area contributed by atoms with Gasteiger partial charge in [0, 0.05) is 24.4 Å². The zero-order chi connectivity index (χ0) is 13.8. The van der Waals surface area contributed by atoms with Crippen molar-refractivity contribution in [1.29, 1.82) is 0 Å². The molecule has 1 aromatic heterocycles. The molecule has 0 saturated carbocycles. The number of aromatic nitrogens is 1. The molecular weight excluding hydrogens is 262 g/mol. The number of halogens is 1. The Bertz CT molecular complexity index is 572. The SMILES string of the molecule is COc1cc(C)ccc1C(O)Cc1ccncc1Cl. The Balaban J connectivity index is 2.25. The largest absolute Gasteiger partial charge is 0.496 e. The highest BCUT2D eigenvalue weighted by molar-refractivity contribution is 6.31. The Labute approximate surface area is 117 Å². The lowest BCUT2D eigenvalue weighted by atomic mass is 10.00. The maximum absolute atomic E-state index is 10.3. The van der Waals surface area contributed by atoms with Gasteiger partial charge in [-0.15, -0.1) is 0 Å². The molecule has 1 aromatic carbocycles. The van der Waals surface area contributed by atoms with E-state index in [0.29, 0.717) is 17.2 Å². The summed E-state index contributed by atoms with van der Waals surface area (Å²) in [4.78, 5) is 3.93. The number of aliphatic hydroxyl groups excluding tert-OH is 1. The summed E-state index contributed by atoms with van der Waals surface area (Å²) in [5.74, 6) is 0.692. The number of aliphatic hydroxyl groups is 1. The van der Waals surface area contributed by atoms with Crippen LogP contribution in [0.15, 0.2) is 36.7 Å². The van der Waals surface area contributed by atoms with Crippen LogP contribution in [-0.2, 0) is 6.42 Å². The second kappa shape index (κ2) is 6.04. The molecule has 1 unspecified atom stereocenters. The Morgan fingerprint density at radius 1 is 1.37 bits per heavy atom. The molecule has 0 fully saturated rings. The van der Waals surface area contributed by atoms with E-state index in [1.807, 2.05) is 31.2 Å². The van der Waals surface area contributed by atoms with Crippen molar-refractivity contribution < 1.29 is 9.84 Å². The average molecular weight is 278 g/mol. The van der Waals surface area contributed by atoms with Gasteiger partial charge in [0.1, 0.15) is 5.75 Å². The molecule has 100 valence electrons. The van der Waals surface area contributed by atoms with Gasteiger partial charge in [-0.05, 0) is 30.2 Å². The zero-order valence-corrected chi connectivity index (χ0v) is 11.7. The minimum absolute atomic E-state index is 0.431. The molecule has 3 nitrogen and oxygen atoms in total. The molecule has 2 aromatic rings. The Morgan fingerprint density at radius 3 is 2.84 bits per heavy atom. The van der Waals surface area contributed by atoms with E-state index in [0.717, 1.165) is 16.7 Å². The summed E-state index contributed by atoms with van der Waals surface area (Å²) >= 11 is 6.05. The van der Waals surface area contributed by atoms with Crippen LogP contribution in [0.3, 0.4) is 0 Å². The highest BCUT2D eigenvalue weighted by atomic mass is 35.5. The minimum Gasteiger partial charge on any atom is -0.496 e. The molecule has 0 saturated heterocycles. The van der Waals surface area contributed by atoms with Gasteiger partial charge in [0.15, 0.2) is 0 Å². The maximum Gasteiger partial charge on any atom is 0.124 e. The molecule has 1 heterocycles. The molecule has 1 N–H and O–H groups in total. The van der Waals surface area contributed by atoms with Crippen molar-refractivity contribution in [3.8, 4) is 5.75 Å². The van der Waals surface area contributed by atoms with Gasteiger partial charge in [0.25, 0.3) is 0 Å². The highest BCUT2D eigenvalue weighted by Gasteiger charge is 2.15. The summed E-state index contributed by atoms with van der Waals surface area (Å²) < 4.78 is 5.31. The molecule has 0 aliphatic rings. The lowest BCUT2D eigenvalue weighted by Gasteiger charge is -2.16. The topological polar surface area (TPSA) is 42.4 Å². The predicted octanol–water partition coefficient (Wildman–Crippen LogP) is 3.33. The third-order valence-corrected chi connectivity index (χ3v) is 3.36. The standard InChI is InChI=1S/C15H16ClNO2/c1-10-3-4-12(15(7-10)19-2)14(18)8-11-5-6-17-9-13(11)16/h3-7,9,14,18H,8H2,1-2H3. The van der Waals surface area contributed by atoms with Crippen molar-refractivity contribution >= 4 is 11.6 Å². The zero-order valence-electron chi connectivity index (χ0n) is 10.9. The van der Waals surface area contributed by atoms with E-state index in [1.54, 1.807) is 19.5 Å². The number of benzene rings is 1. The first-order valence-electron chi connectivity index (χ1n) is 6.03. The van der Waals surface area contributed by atoms with Crippen molar-refractivity contribution in [3.05, 3.63) is 58.4 Å². The smallest absolute Gasteiger partial charge is 0.124 e. The molecule has 1 atom stereocenters. The number of pyridine rings is 1. The summed E-state index contributed by atoms with van der Waals surface area (Å²) in [6.45, 7) is 1.98.